The van der Waals surface area contributed by atoms with Gasteiger partial charge in [0.05, 0.1) is 6.42 Å². The molecular weight excluding hydrogens is 201 g/mol. The molecule has 0 bridgehead atoms. The second-order valence-corrected chi connectivity index (χ2v) is 3.47. The fraction of sp³-hybridized carbons (Fsp3) is 0.167. The Morgan fingerprint density at radius 2 is 1.53 bits per heavy atom. The van der Waals surface area contributed by atoms with Gasteiger partial charge in [-0.05, 0) is 16.3 Å². The first-order valence-electron chi connectivity index (χ1n) is 4.59. The fourth-order valence-electron chi connectivity index (χ4n) is 1.58. The average molecular weight is 210 g/mol. The second-order valence-electron chi connectivity index (χ2n) is 3.47. The van der Waals surface area contributed by atoms with E-state index in [-0.39, 0.29) is 0 Å². The van der Waals surface area contributed by atoms with E-state index in [1.165, 1.54) is 6.07 Å². The molecule has 0 radical (unpaired) electrons. The van der Waals surface area contributed by atoms with E-state index >= 15 is 0 Å². The Hall–Kier alpha value is -1.51. The molecule has 2 rings (SSSR count). The van der Waals surface area contributed by atoms with Gasteiger partial charge < -0.3 is 0 Å². The van der Waals surface area contributed by atoms with Crippen LogP contribution in [0.25, 0.3) is 10.8 Å². The van der Waals surface area contributed by atoms with Crippen LogP contribution in [-0.4, -0.2) is 6.18 Å². The Bertz CT molecular complexity index is 471. The minimum absolute atomic E-state index is 0.307. The summed E-state index contributed by atoms with van der Waals surface area (Å²) in [5.41, 5.74) is 0.307. The molecule has 0 saturated carbocycles. The number of benzene rings is 2. The van der Waals surface area contributed by atoms with Gasteiger partial charge in [-0.3, -0.25) is 0 Å². The Kier molecular flexibility index (Phi) is 2.39. The van der Waals surface area contributed by atoms with Crippen molar-refractivity contribution in [2.75, 3.05) is 0 Å². The normalized spacial score (nSPS) is 11.9. The van der Waals surface area contributed by atoms with Crippen LogP contribution in [0.15, 0.2) is 42.5 Å². The highest BCUT2D eigenvalue weighted by Gasteiger charge is 2.27. The van der Waals surface area contributed by atoms with Gasteiger partial charge in [0.1, 0.15) is 0 Å². The Balaban J connectivity index is 2.39. The summed E-state index contributed by atoms with van der Waals surface area (Å²) < 4.78 is 36.4. The first-order valence-corrected chi connectivity index (χ1v) is 4.59. The van der Waals surface area contributed by atoms with Crippen LogP contribution in [-0.2, 0) is 6.42 Å². The van der Waals surface area contributed by atoms with E-state index in [1.54, 1.807) is 12.1 Å². The van der Waals surface area contributed by atoms with E-state index in [1.807, 2.05) is 24.3 Å². The molecule has 0 aliphatic carbocycles. The third-order valence-electron chi connectivity index (χ3n) is 2.22. The molecule has 0 unspecified atom stereocenters. The van der Waals surface area contributed by atoms with Crippen molar-refractivity contribution in [3.63, 3.8) is 0 Å². The summed E-state index contributed by atoms with van der Waals surface area (Å²) in [7, 11) is 0. The molecule has 0 aliphatic heterocycles. The van der Waals surface area contributed by atoms with Crippen molar-refractivity contribution in [3.8, 4) is 0 Å². The Morgan fingerprint density at radius 1 is 0.867 bits per heavy atom. The molecule has 78 valence electrons. The molecule has 3 heteroatoms. The van der Waals surface area contributed by atoms with Gasteiger partial charge in [0.15, 0.2) is 0 Å². The maximum atomic E-state index is 12.1. The van der Waals surface area contributed by atoms with Crippen LogP contribution in [0.4, 0.5) is 13.2 Å². The molecule has 0 spiro atoms. The predicted octanol–water partition coefficient (Wildman–Crippen LogP) is 3.94. The third kappa shape index (κ3) is 2.49. The number of alkyl halides is 3. The van der Waals surface area contributed by atoms with Crippen molar-refractivity contribution in [1.29, 1.82) is 0 Å². The van der Waals surface area contributed by atoms with Crippen LogP contribution < -0.4 is 0 Å². The lowest BCUT2D eigenvalue weighted by Gasteiger charge is -2.07. The summed E-state index contributed by atoms with van der Waals surface area (Å²) in [4.78, 5) is 0. The van der Waals surface area contributed by atoms with Crippen molar-refractivity contribution >= 4 is 10.8 Å². The average Bonchev–Trinajstić information content (AvgIpc) is 2.15. The highest BCUT2D eigenvalue weighted by molar-refractivity contribution is 5.82. The fourth-order valence-corrected chi connectivity index (χ4v) is 1.58. The van der Waals surface area contributed by atoms with E-state index in [9.17, 15) is 13.2 Å². The SMILES string of the molecule is FC(F)(F)Cc1ccc2ccccc2c1. The Morgan fingerprint density at radius 3 is 2.20 bits per heavy atom. The topological polar surface area (TPSA) is 0 Å². The van der Waals surface area contributed by atoms with Gasteiger partial charge in [-0.25, -0.2) is 0 Å². The highest BCUT2D eigenvalue weighted by Crippen LogP contribution is 2.23. The summed E-state index contributed by atoms with van der Waals surface area (Å²) in [5, 5.41) is 1.81. The lowest BCUT2D eigenvalue weighted by Crippen LogP contribution is -2.11. The smallest absolute Gasteiger partial charge is 0.171 e. The van der Waals surface area contributed by atoms with Crippen molar-refractivity contribution in [2.24, 2.45) is 0 Å². The molecule has 0 heterocycles. The second kappa shape index (κ2) is 3.57. The van der Waals surface area contributed by atoms with E-state index in [0.717, 1.165) is 10.8 Å². The Labute approximate surface area is 85.3 Å². The molecule has 2 aromatic rings. The van der Waals surface area contributed by atoms with Crippen molar-refractivity contribution in [3.05, 3.63) is 48.0 Å². The summed E-state index contributed by atoms with van der Waals surface area (Å²) in [6.45, 7) is 0. The third-order valence-corrected chi connectivity index (χ3v) is 2.22. The van der Waals surface area contributed by atoms with Crippen LogP contribution in [0.5, 0.6) is 0 Å². The lowest BCUT2D eigenvalue weighted by atomic mass is 10.1. The van der Waals surface area contributed by atoms with E-state index in [4.69, 9.17) is 0 Å². The first kappa shape index (κ1) is 10.0. The first-order chi connectivity index (χ1) is 7.04. The zero-order chi connectivity index (χ0) is 10.9. The summed E-state index contributed by atoms with van der Waals surface area (Å²) in [5.74, 6) is 0. The monoisotopic (exact) mass is 210 g/mol. The number of fused-ring (bicyclic) bond motifs is 1. The van der Waals surface area contributed by atoms with Gasteiger partial charge in [0.25, 0.3) is 0 Å². The number of halogens is 3. The van der Waals surface area contributed by atoms with Gasteiger partial charge in [-0.15, -0.1) is 0 Å². The van der Waals surface area contributed by atoms with Crippen LogP contribution >= 0.6 is 0 Å². The number of rotatable bonds is 1. The summed E-state index contributed by atoms with van der Waals surface area (Å²) in [6, 6.07) is 12.2. The largest absolute Gasteiger partial charge is 0.393 e. The van der Waals surface area contributed by atoms with Crippen LogP contribution in [0, 0.1) is 0 Å². The zero-order valence-corrected chi connectivity index (χ0v) is 7.88. The molecule has 0 aromatic heterocycles. The van der Waals surface area contributed by atoms with Crippen molar-refractivity contribution < 1.29 is 13.2 Å². The quantitative estimate of drug-likeness (QED) is 0.668. The predicted molar refractivity (Wildman–Crippen MR) is 53.7 cm³/mol. The minimum Gasteiger partial charge on any atom is -0.171 e. The van der Waals surface area contributed by atoms with Gasteiger partial charge in [-0.1, -0.05) is 42.5 Å². The molecule has 0 saturated heterocycles. The molecule has 15 heavy (non-hydrogen) atoms. The molecule has 0 fully saturated rings. The molecule has 0 N–H and O–H groups in total. The van der Waals surface area contributed by atoms with Crippen molar-refractivity contribution in [1.82, 2.24) is 0 Å². The standard InChI is InChI=1S/C12H9F3/c13-12(14,15)8-9-5-6-10-3-1-2-4-11(10)7-9/h1-7H,8H2. The van der Waals surface area contributed by atoms with Gasteiger partial charge >= 0.3 is 6.18 Å². The molecule has 2 aromatic carbocycles. The van der Waals surface area contributed by atoms with E-state index in [2.05, 4.69) is 0 Å². The lowest BCUT2D eigenvalue weighted by molar-refractivity contribution is -0.127. The van der Waals surface area contributed by atoms with E-state index in [0.29, 0.717) is 5.56 Å². The number of hydrogen-bond acceptors (Lipinski definition) is 0. The van der Waals surface area contributed by atoms with Gasteiger partial charge in [-0.2, -0.15) is 13.2 Å². The van der Waals surface area contributed by atoms with Gasteiger partial charge in [0, 0.05) is 0 Å². The summed E-state index contributed by atoms with van der Waals surface area (Å²) in [6.07, 6.45) is -5.00. The molecule has 0 atom stereocenters. The zero-order valence-electron chi connectivity index (χ0n) is 7.88. The maximum Gasteiger partial charge on any atom is 0.393 e. The van der Waals surface area contributed by atoms with Crippen LogP contribution in [0.2, 0.25) is 0 Å². The minimum atomic E-state index is -4.14. The van der Waals surface area contributed by atoms with Crippen molar-refractivity contribution in [2.45, 2.75) is 12.6 Å². The van der Waals surface area contributed by atoms with Crippen LogP contribution in [0.3, 0.4) is 0 Å². The maximum absolute atomic E-state index is 12.1. The summed E-state index contributed by atoms with van der Waals surface area (Å²) >= 11 is 0. The van der Waals surface area contributed by atoms with Crippen LogP contribution in [0.1, 0.15) is 5.56 Å². The molecule has 0 amide bonds. The van der Waals surface area contributed by atoms with Gasteiger partial charge in [0.2, 0.25) is 0 Å². The van der Waals surface area contributed by atoms with E-state index < -0.39 is 12.6 Å². The number of hydrogen-bond donors (Lipinski definition) is 0. The molecule has 0 aliphatic rings. The highest BCUT2D eigenvalue weighted by atomic mass is 19.4. The molecular formula is C12H9F3. The molecule has 0 nitrogen and oxygen atoms in total.